The fraction of sp³-hybridized carbons (Fsp3) is 0.211. The maximum Gasteiger partial charge on any atom is 0.150 e. The van der Waals surface area contributed by atoms with E-state index in [1.54, 1.807) is 13.1 Å². The molecule has 5 nitrogen and oxygen atoms in total. The minimum absolute atomic E-state index is 0.157. The molecule has 1 aromatic carbocycles. The number of halogens is 1. The molecule has 1 aliphatic carbocycles. The lowest BCUT2D eigenvalue weighted by atomic mass is 10.00. The Labute approximate surface area is 151 Å². The lowest BCUT2D eigenvalue weighted by Crippen LogP contribution is -2.15. The van der Waals surface area contributed by atoms with Gasteiger partial charge < -0.3 is 11.1 Å². The zero-order chi connectivity index (χ0) is 17.6. The fourth-order valence-corrected chi connectivity index (χ4v) is 3.16. The molecule has 1 fully saturated rings. The van der Waals surface area contributed by atoms with Crippen LogP contribution in [0.1, 0.15) is 42.5 Å². The van der Waals surface area contributed by atoms with E-state index in [2.05, 4.69) is 16.4 Å². The predicted molar refractivity (Wildman–Crippen MR) is 102 cm³/mol. The molecule has 2 aliphatic rings. The number of nitrogens with zero attached hydrogens (tertiary/aromatic N) is 2. The van der Waals surface area contributed by atoms with Crippen LogP contribution >= 0.6 is 11.6 Å². The summed E-state index contributed by atoms with van der Waals surface area (Å²) in [4.78, 5) is 9.28. The SMILES string of the molecule is C/C(N)=C1\N=C(c2ccccc2Cl)c2cc(C3CC3)ncc2NC1=N. The lowest BCUT2D eigenvalue weighted by molar-refractivity contribution is 1.02. The van der Waals surface area contributed by atoms with Crippen LogP contribution in [0, 0.1) is 5.41 Å². The summed E-state index contributed by atoms with van der Waals surface area (Å²) >= 11 is 6.44. The van der Waals surface area contributed by atoms with E-state index >= 15 is 0 Å². The molecule has 0 atom stereocenters. The molecule has 126 valence electrons. The first kappa shape index (κ1) is 15.8. The van der Waals surface area contributed by atoms with Crippen molar-refractivity contribution in [1.29, 1.82) is 5.41 Å². The molecular formula is C19H18ClN5. The van der Waals surface area contributed by atoms with Gasteiger partial charge in [0.05, 0.1) is 17.6 Å². The quantitative estimate of drug-likeness (QED) is 0.762. The number of nitrogens with one attached hydrogen (secondary N) is 2. The van der Waals surface area contributed by atoms with Crippen LogP contribution in [0.5, 0.6) is 0 Å². The Hall–Kier alpha value is -2.66. The van der Waals surface area contributed by atoms with E-state index < -0.39 is 0 Å². The summed E-state index contributed by atoms with van der Waals surface area (Å²) in [6.07, 6.45) is 4.11. The number of aromatic nitrogens is 1. The van der Waals surface area contributed by atoms with E-state index in [1.165, 1.54) is 12.8 Å². The number of fused-ring (bicyclic) bond motifs is 1. The first-order valence-electron chi connectivity index (χ1n) is 8.21. The van der Waals surface area contributed by atoms with Gasteiger partial charge in [-0.1, -0.05) is 29.8 Å². The van der Waals surface area contributed by atoms with Crippen molar-refractivity contribution in [3.8, 4) is 0 Å². The molecule has 0 amide bonds. The smallest absolute Gasteiger partial charge is 0.150 e. The third kappa shape index (κ3) is 2.91. The number of pyridine rings is 1. The van der Waals surface area contributed by atoms with E-state index in [4.69, 9.17) is 27.7 Å². The second-order valence-electron chi connectivity index (χ2n) is 6.40. The summed E-state index contributed by atoms with van der Waals surface area (Å²) in [6, 6.07) is 9.64. The van der Waals surface area contributed by atoms with E-state index in [9.17, 15) is 0 Å². The van der Waals surface area contributed by atoms with Crippen LogP contribution < -0.4 is 11.1 Å². The Kier molecular flexibility index (Phi) is 3.81. The standard InChI is InChI=1S/C19H18ClN5/c1-10(21)17-19(22)24-16-9-23-15(11-6-7-11)8-13(16)18(25-17)12-4-2-3-5-14(12)20/h2-5,8-9,11H,6-7,21H2,1H3,(H2,22,24)/b17-10+. The molecule has 25 heavy (non-hydrogen) atoms. The number of nitrogens with two attached hydrogens (primary N) is 1. The van der Waals surface area contributed by atoms with Crippen LogP contribution in [0.25, 0.3) is 0 Å². The van der Waals surface area contributed by atoms with Crippen LogP contribution in [-0.2, 0) is 0 Å². The van der Waals surface area contributed by atoms with Crippen molar-refractivity contribution in [3.63, 3.8) is 0 Å². The number of hydrogen-bond donors (Lipinski definition) is 3. The maximum atomic E-state index is 8.29. The van der Waals surface area contributed by atoms with Crippen LogP contribution in [0.3, 0.4) is 0 Å². The number of amidine groups is 1. The van der Waals surface area contributed by atoms with Crippen LogP contribution in [0.4, 0.5) is 5.69 Å². The summed E-state index contributed by atoms with van der Waals surface area (Å²) in [5.74, 6) is 0.677. The Morgan fingerprint density at radius 3 is 2.72 bits per heavy atom. The van der Waals surface area contributed by atoms with Gasteiger partial charge in [-0.2, -0.15) is 0 Å². The third-order valence-electron chi connectivity index (χ3n) is 4.40. The average Bonchev–Trinajstić information content (AvgIpc) is 3.42. The lowest BCUT2D eigenvalue weighted by Gasteiger charge is -2.12. The molecule has 4 rings (SSSR count). The topological polar surface area (TPSA) is 87.2 Å². The second-order valence-corrected chi connectivity index (χ2v) is 6.81. The first-order valence-corrected chi connectivity index (χ1v) is 8.58. The molecule has 0 radical (unpaired) electrons. The molecule has 6 heteroatoms. The number of anilines is 1. The van der Waals surface area contributed by atoms with Gasteiger partial charge >= 0.3 is 0 Å². The minimum Gasteiger partial charge on any atom is -0.400 e. The van der Waals surface area contributed by atoms with Crippen LogP contribution in [0.2, 0.25) is 5.02 Å². The number of benzene rings is 1. The molecule has 1 saturated carbocycles. The van der Waals surface area contributed by atoms with Crippen molar-refractivity contribution < 1.29 is 0 Å². The molecule has 1 aliphatic heterocycles. The zero-order valence-electron chi connectivity index (χ0n) is 13.8. The highest BCUT2D eigenvalue weighted by Gasteiger charge is 2.28. The number of hydrogen-bond acceptors (Lipinski definition) is 4. The molecule has 4 N–H and O–H groups in total. The van der Waals surface area contributed by atoms with Crippen molar-refractivity contribution in [2.45, 2.75) is 25.7 Å². The number of aliphatic imine (C=N–C) groups is 1. The minimum atomic E-state index is 0.157. The molecule has 0 bridgehead atoms. The van der Waals surface area contributed by atoms with Crippen molar-refractivity contribution >= 4 is 28.8 Å². The molecule has 0 unspecified atom stereocenters. The summed E-state index contributed by atoms with van der Waals surface area (Å²) in [6.45, 7) is 1.74. The van der Waals surface area contributed by atoms with E-state index in [-0.39, 0.29) is 5.84 Å². The Balaban J connectivity index is 1.98. The van der Waals surface area contributed by atoms with Gasteiger partial charge in [-0.25, -0.2) is 4.99 Å². The average molecular weight is 352 g/mol. The predicted octanol–water partition coefficient (Wildman–Crippen LogP) is 4.04. The highest BCUT2D eigenvalue weighted by molar-refractivity contribution is 6.36. The highest BCUT2D eigenvalue weighted by Crippen LogP contribution is 2.40. The van der Waals surface area contributed by atoms with E-state index in [1.807, 2.05) is 24.3 Å². The highest BCUT2D eigenvalue weighted by atomic mass is 35.5. The van der Waals surface area contributed by atoms with Gasteiger partial charge in [0.15, 0.2) is 5.84 Å². The van der Waals surface area contributed by atoms with Crippen molar-refractivity contribution in [3.05, 3.63) is 69.8 Å². The summed E-state index contributed by atoms with van der Waals surface area (Å²) < 4.78 is 0. The second kappa shape index (κ2) is 6.01. The van der Waals surface area contributed by atoms with Crippen molar-refractivity contribution in [2.24, 2.45) is 10.7 Å². The Bertz CT molecular complexity index is 937. The molecule has 0 spiro atoms. The molecule has 2 heterocycles. The van der Waals surface area contributed by atoms with Crippen LogP contribution in [-0.4, -0.2) is 16.5 Å². The molecule has 0 saturated heterocycles. The van der Waals surface area contributed by atoms with Gasteiger partial charge in [-0.05, 0) is 31.9 Å². The number of allylic oxidation sites excluding steroid dienone is 1. The van der Waals surface area contributed by atoms with E-state index in [0.29, 0.717) is 28.0 Å². The summed E-state index contributed by atoms with van der Waals surface area (Å²) in [5, 5.41) is 12.0. The van der Waals surface area contributed by atoms with Crippen LogP contribution in [0.15, 0.2) is 52.9 Å². The fourth-order valence-electron chi connectivity index (χ4n) is 2.94. The zero-order valence-corrected chi connectivity index (χ0v) is 14.6. The molecule has 1 aromatic heterocycles. The van der Waals surface area contributed by atoms with Crippen molar-refractivity contribution in [1.82, 2.24) is 4.98 Å². The van der Waals surface area contributed by atoms with Gasteiger partial charge in [0, 0.05) is 33.5 Å². The van der Waals surface area contributed by atoms with Gasteiger partial charge in [-0.15, -0.1) is 0 Å². The normalized spacial score (nSPS) is 18.8. The van der Waals surface area contributed by atoms with Gasteiger partial charge in [0.25, 0.3) is 0 Å². The largest absolute Gasteiger partial charge is 0.400 e. The summed E-state index contributed by atoms with van der Waals surface area (Å²) in [5.41, 5.74) is 11.1. The van der Waals surface area contributed by atoms with Gasteiger partial charge in [0.2, 0.25) is 0 Å². The monoisotopic (exact) mass is 351 g/mol. The Morgan fingerprint density at radius 1 is 1.28 bits per heavy atom. The Morgan fingerprint density at radius 2 is 2.04 bits per heavy atom. The molecular weight excluding hydrogens is 334 g/mol. The van der Waals surface area contributed by atoms with Gasteiger partial charge in [0.1, 0.15) is 5.70 Å². The number of rotatable bonds is 2. The summed E-state index contributed by atoms with van der Waals surface area (Å²) in [7, 11) is 0. The van der Waals surface area contributed by atoms with Gasteiger partial charge in [-0.3, -0.25) is 10.4 Å². The van der Waals surface area contributed by atoms with E-state index in [0.717, 1.165) is 22.5 Å². The maximum absolute atomic E-state index is 8.29. The van der Waals surface area contributed by atoms with Crippen molar-refractivity contribution in [2.75, 3.05) is 5.32 Å². The molecule has 2 aromatic rings. The first-order chi connectivity index (χ1) is 12.0. The third-order valence-corrected chi connectivity index (χ3v) is 4.73.